The second-order valence-corrected chi connectivity index (χ2v) is 7.06. The fourth-order valence-corrected chi connectivity index (χ4v) is 3.49. The van der Waals surface area contributed by atoms with Crippen molar-refractivity contribution in [1.29, 1.82) is 0 Å². The van der Waals surface area contributed by atoms with E-state index in [0.717, 1.165) is 26.4 Å². The number of alkyl halides is 6. The van der Waals surface area contributed by atoms with E-state index in [1.54, 1.807) is 0 Å². The number of esters is 1. The second kappa shape index (κ2) is 9.04. The minimum Gasteiger partial charge on any atom is -0.467 e. The van der Waals surface area contributed by atoms with Crippen molar-refractivity contribution < 1.29 is 40.7 Å². The zero-order valence-electron chi connectivity index (χ0n) is 15.6. The van der Waals surface area contributed by atoms with Gasteiger partial charge < -0.3 is 10.1 Å². The fourth-order valence-electron chi connectivity index (χ4n) is 3.49. The standard InChI is InChI=1S/C19H21F6NO3/c1-29-17(28)16(12-5-3-2-4-6-12)26-15(27)9-11-7-13(18(20,21)22)10-14(8-11)19(23,24)25/h7-8,10,12,16H,2-6,9H2,1H3,(H,26,27)/t16-/m1/s1. The van der Waals surface area contributed by atoms with E-state index < -0.39 is 53.4 Å². The van der Waals surface area contributed by atoms with Gasteiger partial charge >= 0.3 is 18.3 Å². The summed E-state index contributed by atoms with van der Waals surface area (Å²) in [6, 6.07) is 0.0203. The second-order valence-electron chi connectivity index (χ2n) is 7.06. The topological polar surface area (TPSA) is 55.4 Å². The molecule has 1 saturated carbocycles. The minimum absolute atomic E-state index is 0.000680. The highest BCUT2D eigenvalue weighted by atomic mass is 19.4. The number of ether oxygens (including phenoxy) is 1. The molecule has 0 aliphatic heterocycles. The van der Waals surface area contributed by atoms with Crippen LogP contribution < -0.4 is 5.32 Å². The molecule has 0 spiro atoms. The summed E-state index contributed by atoms with van der Waals surface area (Å²) < 4.78 is 82.4. The van der Waals surface area contributed by atoms with Gasteiger partial charge in [-0.05, 0) is 42.5 Å². The smallest absolute Gasteiger partial charge is 0.416 e. The summed E-state index contributed by atoms with van der Waals surface area (Å²) >= 11 is 0. The molecule has 29 heavy (non-hydrogen) atoms. The highest BCUT2D eigenvalue weighted by Crippen LogP contribution is 2.36. The minimum atomic E-state index is -5.00. The number of benzene rings is 1. The SMILES string of the molecule is COC(=O)[C@H](NC(=O)Cc1cc(C(F)(F)F)cc(C(F)(F)F)c1)C1CCCCC1. The zero-order valence-corrected chi connectivity index (χ0v) is 15.6. The maximum atomic E-state index is 12.9. The van der Waals surface area contributed by atoms with Crippen molar-refractivity contribution in [3.05, 3.63) is 34.9 Å². The van der Waals surface area contributed by atoms with Gasteiger partial charge in [0.15, 0.2) is 0 Å². The molecule has 0 radical (unpaired) electrons. The number of carbonyl (C=O) groups excluding carboxylic acids is 2. The maximum Gasteiger partial charge on any atom is 0.416 e. The largest absolute Gasteiger partial charge is 0.467 e. The quantitative estimate of drug-likeness (QED) is 0.558. The molecular weight excluding hydrogens is 404 g/mol. The molecule has 1 aliphatic rings. The van der Waals surface area contributed by atoms with E-state index in [2.05, 4.69) is 5.32 Å². The van der Waals surface area contributed by atoms with Crippen LogP contribution in [-0.2, 0) is 33.1 Å². The monoisotopic (exact) mass is 425 g/mol. The Bertz CT molecular complexity index is 706. The van der Waals surface area contributed by atoms with Crippen LogP contribution >= 0.6 is 0 Å². The molecule has 4 nitrogen and oxygen atoms in total. The number of nitrogens with one attached hydrogen (secondary N) is 1. The lowest BCUT2D eigenvalue weighted by molar-refractivity contribution is -0.147. The van der Waals surface area contributed by atoms with Gasteiger partial charge in [-0.1, -0.05) is 19.3 Å². The van der Waals surface area contributed by atoms with Crippen molar-refractivity contribution >= 4 is 11.9 Å². The molecule has 1 aromatic carbocycles. The average Bonchev–Trinajstić information content (AvgIpc) is 2.64. The predicted octanol–water partition coefficient (Wildman–Crippen LogP) is 4.50. The molecular formula is C19H21F6NO3. The van der Waals surface area contributed by atoms with E-state index in [0.29, 0.717) is 25.0 Å². The summed E-state index contributed by atoms with van der Waals surface area (Å²) in [5.74, 6) is -1.73. The summed E-state index contributed by atoms with van der Waals surface area (Å²) in [5, 5.41) is 2.43. The third-order valence-electron chi connectivity index (χ3n) is 4.90. The van der Waals surface area contributed by atoms with Crippen molar-refractivity contribution in [3.8, 4) is 0 Å². The Labute approximate surface area is 163 Å². The Morgan fingerprint density at radius 1 is 1.00 bits per heavy atom. The van der Waals surface area contributed by atoms with Crippen LogP contribution in [0, 0.1) is 5.92 Å². The van der Waals surface area contributed by atoms with E-state index in [1.165, 1.54) is 0 Å². The third-order valence-corrected chi connectivity index (χ3v) is 4.90. The molecule has 162 valence electrons. The fraction of sp³-hybridized carbons (Fsp3) is 0.579. The number of hydrogen-bond donors (Lipinski definition) is 1. The summed E-state index contributed by atoms with van der Waals surface area (Å²) in [6.45, 7) is 0. The Hall–Kier alpha value is -2.26. The molecule has 0 aromatic heterocycles. The third kappa shape index (κ3) is 6.37. The highest BCUT2D eigenvalue weighted by Gasteiger charge is 2.37. The van der Waals surface area contributed by atoms with E-state index in [1.807, 2.05) is 0 Å². The molecule has 1 N–H and O–H groups in total. The molecule has 0 bridgehead atoms. The van der Waals surface area contributed by atoms with Crippen LogP contribution in [0.4, 0.5) is 26.3 Å². The van der Waals surface area contributed by atoms with Gasteiger partial charge in [0.1, 0.15) is 6.04 Å². The van der Waals surface area contributed by atoms with Crippen molar-refractivity contribution in [2.45, 2.75) is 56.9 Å². The summed E-state index contributed by atoms with van der Waals surface area (Å²) in [7, 11) is 1.15. The average molecular weight is 425 g/mol. The molecule has 1 atom stereocenters. The Morgan fingerprint density at radius 2 is 1.52 bits per heavy atom. The summed E-state index contributed by atoms with van der Waals surface area (Å²) in [4.78, 5) is 24.4. The van der Waals surface area contributed by atoms with Crippen molar-refractivity contribution in [2.75, 3.05) is 7.11 Å². The first-order valence-electron chi connectivity index (χ1n) is 9.07. The molecule has 1 aliphatic carbocycles. The van der Waals surface area contributed by atoms with Crippen LogP contribution in [0.15, 0.2) is 18.2 Å². The maximum absolute atomic E-state index is 12.9. The van der Waals surface area contributed by atoms with Gasteiger partial charge in [0, 0.05) is 0 Å². The van der Waals surface area contributed by atoms with Crippen LogP contribution in [0.1, 0.15) is 48.8 Å². The number of amides is 1. The van der Waals surface area contributed by atoms with Crippen molar-refractivity contribution in [2.24, 2.45) is 5.92 Å². The van der Waals surface area contributed by atoms with Gasteiger partial charge in [-0.25, -0.2) is 4.79 Å². The van der Waals surface area contributed by atoms with E-state index >= 15 is 0 Å². The molecule has 10 heteroatoms. The first kappa shape index (κ1) is 23.0. The van der Waals surface area contributed by atoms with Crippen LogP contribution in [0.5, 0.6) is 0 Å². The number of rotatable bonds is 5. The number of halogens is 6. The van der Waals surface area contributed by atoms with Gasteiger partial charge in [-0.3, -0.25) is 4.79 Å². The lowest BCUT2D eigenvalue weighted by Gasteiger charge is -2.29. The summed E-state index contributed by atoms with van der Waals surface area (Å²) in [5.41, 5.74) is -3.43. The lowest BCUT2D eigenvalue weighted by Crippen LogP contribution is -2.47. The van der Waals surface area contributed by atoms with Gasteiger partial charge in [0.25, 0.3) is 0 Å². The molecule has 1 aromatic rings. The van der Waals surface area contributed by atoms with Gasteiger partial charge in [0.2, 0.25) is 5.91 Å². The predicted molar refractivity (Wildman–Crippen MR) is 90.7 cm³/mol. The van der Waals surface area contributed by atoms with Crippen molar-refractivity contribution in [1.82, 2.24) is 5.32 Å². The molecule has 0 heterocycles. The van der Waals surface area contributed by atoms with Gasteiger partial charge in [-0.2, -0.15) is 26.3 Å². The number of carbonyl (C=O) groups is 2. The van der Waals surface area contributed by atoms with Crippen molar-refractivity contribution in [3.63, 3.8) is 0 Å². The Morgan fingerprint density at radius 3 is 1.97 bits per heavy atom. The van der Waals surface area contributed by atoms with Crippen LogP contribution in [-0.4, -0.2) is 25.0 Å². The molecule has 1 fully saturated rings. The van der Waals surface area contributed by atoms with Gasteiger partial charge in [-0.15, -0.1) is 0 Å². The first-order chi connectivity index (χ1) is 13.4. The first-order valence-corrected chi connectivity index (χ1v) is 9.07. The highest BCUT2D eigenvalue weighted by molar-refractivity contribution is 5.85. The molecule has 2 rings (SSSR count). The summed E-state index contributed by atoms with van der Waals surface area (Å²) in [6.07, 6.45) is -6.68. The van der Waals surface area contributed by atoms with E-state index in [9.17, 15) is 35.9 Å². The van der Waals surface area contributed by atoms with E-state index in [4.69, 9.17) is 4.74 Å². The molecule has 0 saturated heterocycles. The normalized spacial score (nSPS) is 16.9. The Kier molecular flexibility index (Phi) is 7.18. The Balaban J connectivity index is 2.22. The van der Waals surface area contributed by atoms with E-state index in [-0.39, 0.29) is 12.0 Å². The lowest BCUT2D eigenvalue weighted by atomic mass is 9.83. The number of methoxy groups -OCH3 is 1. The van der Waals surface area contributed by atoms with Crippen LogP contribution in [0.3, 0.4) is 0 Å². The van der Waals surface area contributed by atoms with Gasteiger partial charge in [0.05, 0.1) is 24.7 Å². The van der Waals surface area contributed by atoms with Crippen LogP contribution in [0.2, 0.25) is 0 Å². The van der Waals surface area contributed by atoms with Crippen LogP contribution in [0.25, 0.3) is 0 Å². The molecule has 1 amide bonds. The zero-order chi connectivity index (χ0) is 21.8. The number of hydrogen-bond acceptors (Lipinski definition) is 3. The molecule has 0 unspecified atom stereocenters.